The van der Waals surface area contributed by atoms with Gasteiger partial charge in [-0.25, -0.2) is 0 Å². The minimum atomic E-state index is -0.549. The minimum Gasteiger partial charge on any atom is -0.450 e. The molecular formula is C22H27ClN4O4. The van der Waals surface area contributed by atoms with Gasteiger partial charge in [-0.3, -0.25) is 14.9 Å². The van der Waals surface area contributed by atoms with E-state index in [9.17, 15) is 14.9 Å². The number of amides is 1. The fraction of sp³-hybridized carbons (Fsp3) is 0.409. The van der Waals surface area contributed by atoms with Crippen molar-refractivity contribution in [3.8, 4) is 11.5 Å². The topological polar surface area (TPSA) is 88.0 Å². The molecular weight excluding hydrogens is 420 g/mol. The number of hydrogen-bond acceptors (Lipinski definition) is 6. The van der Waals surface area contributed by atoms with Gasteiger partial charge in [0.25, 0.3) is 5.91 Å². The Morgan fingerprint density at radius 2 is 1.81 bits per heavy atom. The molecule has 3 rings (SSSR count). The molecule has 0 aromatic heterocycles. The Morgan fingerprint density at radius 3 is 2.45 bits per heavy atom. The molecule has 31 heavy (non-hydrogen) atoms. The van der Waals surface area contributed by atoms with E-state index in [1.54, 1.807) is 24.3 Å². The highest BCUT2D eigenvalue weighted by molar-refractivity contribution is 6.30. The van der Waals surface area contributed by atoms with Gasteiger partial charge in [-0.15, -0.1) is 0 Å². The molecule has 0 aliphatic carbocycles. The van der Waals surface area contributed by atoms with Crippen molar-refractivity contribution in [1.29, 1.82) is 0 Å². The Labute approximate surface area is 186 Å². The van der Waals surface area contributed by atoms with Crippen LogP contribution in [0.15, 0.2) is 42.5 Å². The SMILES string of the molecule is CCN1CCN(CCCNC(=O)c2ccc(Oc3ccc(Cl)cc3[N+](=O)[O-])cc2)CC1. The normalized spacial score (nSPS) is 14.9. The third-order valence-corrected chi connectivity index (χ3v) is 5.55. The van der Waals surface area contributed by atoms with E-state index in [1.165, 1.54) is 18.2 Å². The zero-order chi connectivity index (χ0) is 22.2. The average Bonchev–Trinajstić information content (AvgIpc) is 2.78. The van der Waals surface area contributed by atoms with Gasteiger partial charge in [0.1, 0.15) is 5.75 Å². The van der Waals surface area contributed by atoms with Gasteiger partial charge in [0, 0.05) is 49.4 Å². The fourth-order valence-electron chi connectivity index (χ4n) is 3.46. The molecule has 0 atom stereocenters. The van der Waals surface area contributed by atoms with Gasteiger partial charge in [-0.05, 0) is 55.9 Å². The number of nitro groups is 1. The molecule has 0 spiro atoms. The maximum Gasteiger partial charge on any atom is 0.313 e. The molecule has 2 aromatic carbocycles. The third-order valence-electron chi connectivity index (χ3n) is 5.31. The maximum absolute atomic E-state index is 12.4. The van der Waals surface area contributed by atoms with Crippen molar-refractivity contribution in [3.05, 3.63) is 63.2 Å². The Hall–Kier alpha value is -2.68. The molecule has 1 fully saturated rings. The molecule has 1 aliphatic rings. The number of halogens is 1. The molecule has 1 heterocycles. The average molecular weight is 447 g/mol. The minimum absolute atomic E-state index is 0.0892. The van der Waals surface area contributed by atoms with E-state index in [0.29, 0.717) is 17.9 Å². The van der Waals surface area contributed by atoms with Gasteiger partial charge < -0.3 is 19.9 Å². The lowest BCUT2D eigenvalue weighted by Gasteiger charge is -2.33. The predicted octanol–water partition coefficient (Wildman–Crippen LogP) is 3.80. The largest absolute Gasteiger partial charge is 0.450 e. The lowest BCUT2D eigenvalue weighted by atomic mass is 10.2. The highest BCUT2D eigenvalue weighted by atomic mass is 35.5. The van der Waals surface area contributed by atoms with Crippen LogP contribution in [0.2, 0.25) is 5.02 Å². The van der Waals surface area contributed by atoms with Crippen molar-refractivity contribution in [2.24, 2.45) is 0 Å². The number of rotatable bonds is 9. The summed E-state index contributed by atoms with van der Waals surface area (Å²) in [5.74, 6) is 0.333. The van der Waals surface area contributed by atoms with Crippen molar-refractivity contribution in [1.82, 2.24) is 15.1 Å². The van der Waals surface area contributed by atoms with E-state index in [2.05, 4.69) is 22.0 Å². The molecule has 0 radical (unpaired) electrons. The summed E-state index contributed by atoms with van der Waals surface area (Å²) in [7, 11) is 0. The quantitative estimate of drug-likeness (QED) is 0.358. The van der Waals surface area contributed by atoms with Crippen molar-refractivity contribution >= 4 is 23.2 Å². The lowest BCUT2D eigenvalue weighted by Crippen LogP contribution is -2.46. The number of carbonyl (C=O) groups excluding carboxylic acids is 1. The lowest BCUT2D eigenvalue weighted by molar-refractivity contribution is -0.385. The highest BCUT2D eigenvalue weighted by Crippen LogP contribution is 2.33. The molecule has 0 saturated carbocycles. The monoisotopic (exact) mass is 446 g/mol. The molecule has 9 heteroatoms. The van der Waals surface area contributed by atoms with E-state index in [1.807, 2.05) is 0 Å². The van der Waals surface area contributed by atoms with Crippen molar-refractivity contribution in [2.75, 3.05) is 45.8 Å². The van der Waals surface area contributed by atoms with E-state index < -0.39 is 4.92 Å². The van der Waals surface area contributed by atoms with Gasteiger partial charge in [-0.2, -0.15) is 0 Å². The summed E-state index contributed by atoms with van der Waals surface area (Å²) in [5, 5.41) is 14.4. The first-order valence-corrected chi connectivity index (χ1v) is 10.8. The van der Waals surface area contributed by atoms with Crippen LogP contribution in [0.1, 0.15) is 23.7 Å². The summed E-state index contributed by atoms with van der Waals surface area (Å²) in [6.07, 6.45) is 0.902. The van der Waals surface area contributed by atoms with Gasteiger partial charge in [-0.1, -0.05) is 18.5 Å². The number of nitrogens with one attached hydrogen (secondary N) is 1. The second kappa shape index (κ2) is 11.1. The summed E-state index contributed by atoms with van der Waals surface area (Å²) in [6, 6.07) is 10.7. The summed E-state index contributed by atoms with van der Waals surface area (Å²) >= 11 is 5.82. The number of hydrogen-bond donors (Lipinski definition) is 1. The smallest absolute Gasteiger partial charge is 0.313 e. The molecule has 1 amide bonds. The van der Waals surface area contributed by atoms with Crippen LogP contribution in [0, 0.1) is 10.1 Å². The van der Waals surface area contributed by atoms with E-state index >= 15 is 0 Å². The number of carbonyl (C=O) groups is 1. The summed E-state index contributed by atoms with van der Waals surface area (Å²) in [4.78, 5) is 27.8. The molecule has 1 saturated heterocycles. The van der Waals surface area contributed by atoms with E-state index in [0.717, 1.165) is 45.7 Å². The molecule has 166 valence electrons. The van der Waals surface area contributed by atoms with Crippen LogP contribution in [-0.4, -0.2) is 66.4 Å². The van der Waals surface area contributed by atoms with Gasteiger partial charge in [0.15, 0.2) is 0 Å². The second-order valence-electron chi connectivity index (χ2n) is 7.38. The number of nitrogens with zero attached hydrogens (tertiary/aromatic N) is 3. The second-order valence-corrected chi connectivity index (χ2v) is 7.82. The van der Waals surface area contributed by atoms with Crippen molar-refractivity contribution in [3.63, 3.8) is 0 Å². The number of benzene rings is 2. The van der Waals surface area contributed by atoms with E-state index in [4.69, 9.17) is 16.3 Å². The van der Waals surface area contributed by atoms with Gasteiger partial charge in [0.2, 0.25) is 5.75 Å². The summed E-state index contributed by atoms with van der Waals surface area (Å²) in [5.41, 5.74) is 0.292. The van der Waals surface area contributed by atoms with Crippen molar-refractivity contribution < 1.29 is 14.5 Å². The first-order valence-electron chi connectivity index (χ1n) is 10.4. The van der Waals surface area contributed by atoms with Crippen LogP contribution in [0.4, 0.5) is 5.69 Å². The Morgan fingerprint density at radius 1 is 1.13 bits per heavy atom. The zero-order valence-electron chi connectivity index (χ0n) is 17.6. The zero-order valence-corrected chi connectivity index (χ0v) is 18.3. The van der Waals surface area contributed by atoms with Crippen LogP contribution < -0.4 is 10.1 Å². The Balaban J connectivity index is 1.46. The molecule has 2 aromatic rings. The van der Waals surface area contributed by atoms with Gasteiger partial charge in [0.05, 0.1) is 4.92 Å². The van der Waals surface area contributed by atoms with E-state index in [-0.39, 0.29) is 22.4 Å². The Bertz CT molecular complexity index is 899. The maximum atomic E-state index is 12.4. The number of piperazine rings is 1. The highest BCUT2D eigenvalue weighted by Gasteiger charge is 2.17. The molecule has 1 N–H and O–H groups in total. The standard InChI is InChI=1S/C22H27ClN4O4/c1-2-25-12-14-26(15-13-25)11-3-10-24-22(28)17-4-7-19(8-5-17)31-21-9-6-18(23)16-20(21)27(29)30/h4-9,16H,2-3,10-15H2,1H3,(H,24,28). The molecule has 8 nitrogen and oxygen atoms in total. The Kier molecular flexibility index (Phi) is 8.22. The first kappa shape index (κ1) is 23.0. The van der Waals surface area contributed by atoms with Crippen molar-refractivity contribution in [2.45, 2.75) is 13.3 Å². The van der Waals surface area contributed by atoms with Crippen LogP contribution in [0.25, 0.3) is 0 Å². The molecule has 0 bridgehead atoms. The summed E-state index contributed by atoms with van der Waals surface area (Å²) < 4.78 is 5.60. The first-order chi connectivity index (χ1) is 15.0. The number of ether oxygens (including phenoxy) is 1. The van der Waals surface area contributed by atoms with Crippen LogP contribution in [0.5, 0.6) is 11.5 Å². The molecule has 0 unspecified atom stereocenters. The fourth-order valence-corrected chi connectivity index (χ4v) is 3.62. The van der Waals surface area contributed by atoms with Crippen LogP contribution >= 0.6 is 11.6 Å². The summed E-state index contributed by atoms with van der Waals surface area (Å²) in [6.45, 7) is 9.25. The predicted molar refractivity (Wildman–Crippen MR) is 120 cm³/mol. The van der Waals surface area contributed by atoms with Crippen LogP contribution in [0.3, 0.4) is 0 Å². The number of nitro benzene ring substituents is 1. The third kappa shape index (κ3) is 6.65. The van der Waals surface area contributed by atoms with Crippen LogP contribution in [-0.2, 0) is 0 Å². The van der Waals surface area contributed by atoms with Gasteiger partial charge >= 0.3 is 5.69 Å². The number of likely N-dealkylation sites (N-methyl/N-ethyl adjacent to an activating group) is 1. The molecule has 1 aliphatic heterocycles.